The molecular weight excluding hydrogens is 270 g/mol. The Morgan fingerprint density at radius 3 is 2.48 bits per heavy atom. The van der Waals surface area contributed by atoms with Crippen LogP contribution in [0.3, 0.4) is 0 Å². The van der Waals surface area contributed by atoms with Gasteiger partial charge in [-0.05, 0) is 26.3 Å². The molecule has 0 fully saturated rings. The Labute approximate surface area is 125 Å². The van der Waals surface area contributed by atoms with Crippen LogP contribution < -0.4 is 5.32 Å². The van der Waals surface area contributed by atoms with Crippen LogP contribution in [0.2, 0.25) is 0 Å². The van der Waals surface area contributed by atoms with Gasteiger partial charge in [0.05, 0.1) is 18.8 Å². The molecule has 1 rings (SSSR count). The molecular formula is C16H23NO4. The van der Waals surface area contributed by atoms with E-state index in [9.17, 15) is 15.0 Å². The molecule has 1 aromatic carbocycles. The first-order chi connectivity index (χ1) is 9.81. The first-order valence-electron chi connectivity index (χ1n) is 6.83. The summed E-state index contributed by atoms with van der Waals surface area (Å²) >= 11 is 0. The lowest BCUT2D eigenvalue weighted by Crippen LogP contribution is -2.46. The molecule has 0 heterocycles. The Bertz CT molecular complexity index is 465. The van der Waals surface area contributed by atoms with Crippen LogP contribution in [0.25, 0.3) is 6.08 Å². The number of aliphatic hydroxyl groups excluding tert-OH is 2. The van der Waals surface area contributed by atoms with E-state index >= 15 is 0 Å². The van der Waals surface area contributed by atoms with Crippen LogP contribution in [0, 0.1) is 0 Å². The summed E-state index contributed by atoms with van der Waals surface area (Å²) in [5.74, 6) is 0. The molecule has 1 aromatic rings. The second-order valence-electron chi connectivity index (χ2n) is 5.70. The smallest absolute Gasteiger partial charge is 0.408 e. The summed E-state index contributed by atoms with van der Waals surface area (Å²) in [4.78, 5) is 11.6. The Balaban J connectivity index is 2.59. The average molecular weight is 293 g/mol. The van der Waals surface area contributed by atoms with Crippen LogP contribution in [0.5, 0.6) is 0 Å². The van der Waals surface area contributed by atoms with Crippen LogP contribution in [-0.2, 0) is 4.74 Å². The number of carbonyl (C=O) groups excluding carboxylic acids is 1. The van der Waals surface area contributed by atoms with E-state index in [0.29, 0.717) is 0 Å². The fourth-order valence-electron chi connectivity index (χ4n) is 1.61. The SMILES string of the molecule is CC(C)(C)OC(=O)N[C@H](CO)[C@@H](O)/C=C/c1ccccc1. The van der Waals surface area contributed by atoms with Gasteiger partial charge in [-0.25, -0.2) is 4.79 Å². The molecule has 5 heteroatoms. The molecule has 5 nitrogen and oxygen atoms in total. The number of amides is 1. The van der Waals surface area contributed by atoms with Crippen molar-refractivity contribution in [3.63, 3.8) is 0 Å². The quantitative estimate of drug-likeness (QED) is 0.775. The van der Waals surface area contributed by atoms with E-state index in [2.05, 4.69) is 5.32 Å². The molecule has 0 bridgehead atoms. The Kier molecular flexibility index (Phi) is 6.39. The number of hydrogen-bond donors (Lipinski definition) is 3. The lowest BCUT2D eigenvalue weighted by molar-refractivity contribution is 0.0406. The largest absolute Gasteiger partial charge is 0.444 e. The summed E-state index contributed by atoms with van der Waals surface area (Å²) in [6.07, 6.45) is 1.56. The molecule has 0 radical (unpaired) electrons. The van der Waals surface area contributed by atoms with Crippen molar-refractivity contribution in [3.05, 3.63) is 42.0 Å². The van der Waals surface area contributed by atoms with E-state index in [0.717, 1.165) is 5.56 Å². The van der Waals surface area contributed by atoms with E-state index in [1.54, 1.807) is 26.8 Å². The van der Waals surface area contributed by atoms with Crippen molar-refractivity contribution in [2.45, 2.75) is 38.5 Å². The van der Waals surface area contributed by atoms with E-state index in [1.807, 2.05) is 30.3 Å². The van der Waals surface area contributed by atoms with Gasteiger partial charge in [0.25, 0.3) is 0 Å². The minimum Gasteiger partial charge on any atom is -0.444 e. The molecule has 0 aliphatic carbocycles. The first kappa shape index (κ1) is 17.2. The number of ether oxygens (including phenoxy) is 1. The molecule has 116 valence electrons. The molecule has 0 saturated heterocycles. The van der Waals surface area contributed by atoms with Crippen molar-refractivity contribution >= 4 is 12.2 Å². The average Bonchev–Trinajstić information content (AvgIpc) is 2.41. The number of alkyl carbamates (subject to hydrolysis) is 1. The topological polar surface area (TPSA) is 78.8 Å². The van der Waals surface area contributed by atoms with Crippen LogP contribution in [0.15, 0.2) is 36.4 Å². The minimum atomic E-state index is -1.01. The van der Waals surface area contributed by atoms with Gasteiger partial charge in [0.2, 0.25) is 0 Å². The number of aliphatic hydroxyl groups is 2. The summed E-state index contributed by atoms with van der Waals surface area (Å²) in [5.41, 5.74) is 0.292. The monoisotopic (exact) mass is 293 g/mol. The summed E-state index contributed by atoms with van der Waals surface area (Å²) in [5, 5.41) is 21.7. The highest BCUT2D eigenvalue weighted by Gasteiger charge is 2.22. The normalized spacial score (nSPS) is 14.7. The number of rotatable bonds is 5. The minimum absolute atomic E-state index is 0.389. The molecule has 0 aromatic heterocycles. The van der Waals surface area contributed by atoms with Crippen LogP contribution in [-0.4, -0.2) is 40.7 Å². The fourth-order valence-corrected chi connectivity index (χ4v) is 1.61. The number of benzene rings is 1. The third-order valence-corrected chi connectivity index (χ3v) is 2.60. The standard InChI is InChI=1S/C16H23NO4/c1-16(2,3)21-15(20)17-13(11-18)14(19)10-9-12-7-5-4-6-8-12/h4-10,13-14,18-19H,11H2,1-3H3,(H,17,20)/b10-9+/t13-,14+/m1/s1. The first-order valence-corrected chi connectivity index (χ1v) is 6.83. The van der Waals surface area contributed by atoms with E-state index in [1.165, 1.54) is 6.08 Å². The van der Waals surface area contributed by atoms with Gasteiger partial charge in [-0.3, -0.25) is 0 Å². The van der Waals surface area contributed by atoms with Crippen molar-refractivity contribution in [1.82, 2.24) is 5.32 Å². The Hall–Kier alpha value is -1.85. The van der Waals surface area contributed by atoms with Crippen molar-refractivity contribution in [3.8, 4) is 0 Å². The van der Waals surface area contributed by atoms with Crippen molar-refractivity contribution < 1.29 is 19.7 Å². The predicted octanol–water partition coefficient (Wildman–Crippen LogP) is 1.95. The third kappa shape index (κ3) is 6.92. The molecule has 0 aliphatic rings. The summed E-state index contributed by atoms with van der Waals surface area (Å²) in [6, 6.07) is 8.62. The second kappa shape index (κ2) is 7.81. The van der Waals surface area contributed by atoms with Crippen LogP contribution in [0.1, 0.15) is 26.3 Å². The molecule has 3 N–H and O–H groups in total. The summed E-state index contributed by atoms with van der Waals surface area (Å²) in [6.45, 7) is 4.84. The van der Waals surface area contributed by atoms with Crippen molar-refractivity contribution in [2.75, 3.05) is 6.61 Å². The highest BCUT2D eigenvalue weighted by Crippen LogP contribution is 2.08. The number of hydrogen-bond acceptors (Lipinski definition) is 4. The maximum Gasteiger partial charge on any atom is 0.408 e. The van der Waals surface area contributed by atoms with E-state index in [4.69, 9.17) is 4.74 Å². The molecule has 0 spiro atoms. The number of carbonyl (C=O) groups is 1. The van der Waals surface area contributed by atoms with Crippen LogP contribution in [0.4, 0.5) is 4.79 Å². The Morgan fingerprint density at radius 1 is 1.33 bits per heavy atom. The Morgan fingerprint density at radius 2 is 1.95 bits per heavy atom. The zero-order chi connectivity index (χ0) is 15.9. The fraction of sp³-hybridized carbons (Fsp3) is 0.438. The second-order valence-corrected chi connectivity index (χ2v) is 5.70. The van der Waals surface area contributed by atoms with Crippen molar-refractivity contribution in [1.29, 1.82) is 0 Å². The zero-order valence-corrected chi connectivity index (χ0v) is 12.6. The van der Waals surface area contributed by atoms with Gasteiger partial charge in [-0.15, -0.1) is 0 Å². The molecule has 2 atom stereocenters. The number of nitrogens with one attached hydrogen (secondary N) is 1. The van der Waals surface area contributed by atoms with Gasteiger partial charge in [0.15, 0.2) is 0 Å². The summed E-state index contributed by atoms with van der Waals surface area (Å²) in [7, 11) is 0. The predicted molar refractivity (Wildman–Crippen MR) is 81.7 cm³/mol. The molecule has 21 heavy (non-hydrogen) atoms. The van der Waals surface area contributed by atoms with Gasteiger partial charge in [-0.2, -0.15) is 0 Å². The maximum absolute atomic E-state index is 11.6. The van der Waals surface area contributed by atoms with Gasteiger partial charge in [0.1, 0.15) is 5.60 Å². The van der Waals surface area contributed by atoms with Crippen LogP contribution >= 0.6 is 0 Å². The van der Waals surface area contributed by atoms with E-state index < -0.39 is 23.8 Å². The highest BCUT2D eigenvalue weighted by molar-refractivity contribution is 5.68. The molecule has 0 aliphatic heterocycles. The lowest BCUT2D eigenvalue weighted by Gasteiger charge is -2.24. The molecule has 0 unspecified atom stereocenters. The van der Waals surface area contributed by atoms with E-state index in [-0.39, 0.29) is 6.61 Å². The van der Waals surface area contributed by atoms with Gasteiger partial charge in [-0.1, -0.05) is 42.5 Å². The zero-order valence-electron chi connectivity index (χ0n) is 12.6. The van der Waals surface area contributed by atoms with Crippen molar-refractivity contribution in [2.24, 2.45) is 0 Å². The molecule has 1 amide bonds. The maximum atomic E-state index is 11.6. The molecule has 0 saturated carbocycles. The van der Waals surface area contributed by atoms with Gasteiger partial charge >= 0.3 is 6.09 Å². The van der Waals surface area contributed by atoms with Gasteiger partial charge < -0.3 is 20.3 Å². The third-order valence-electron chi connectivity index (χ3n) is 2.60. The summed E-state index contributed by atoms with van der Waals surface area (Å²) < 4.78 is 5.09. The highest BCUT2D eigenvalue weighted by atomic mass is 16.6. The lowest BCUT2D eigenvalue weighted by atomic mass is 10.1. The van der Waals surface area contributed by atoms with Gasteiger partial charge in [0, 0.05) is 0 Å².